The van der Waals surface area contributed by atoms with E-state index >= 15 is 0 Å². The van der Waals surface area contributed by atoms with Gasteiger partial charge in [-0.3, -0.25) is 0 Å². The predicted octanol–water partition coefficient (Wildman–Crippen LogP) is 10.3. The van der Waals surface area contributed by atoms with Crippen molar-refractivity contribution in [3.05, 3.63) is 267 Å². The van der Waals surface area contributed by atoms with Crippen LogP contribution in [0.15, 0.2) is 267 Å². The Morgan fingerprint density at radius 3 is 0.773 bits per heavy atom. The van der Waals surface area contributed by atoms with Gasteiger partial charge in [-0.2, -0.15) is 0 Å². The summed E-state index contributed by atoms with van der Waals surface area (Å²) in [5.74, 6) is 0. The average molecular weight is 1110 g/mol. The van der Waals surface area contributed by atoms with Crippen LogP contribution in [0.25, 0.3) is 55.0 Å². The monoisotopic (exact) mass is 1110 g/mol. The van der Waals surface area contributed by atoms with E-state index in [1.165, 1.54) is 166 Å². The molecule has 0 N–H and O–H groups in total. The molecular weight excluding hydrogens is 1060 g/mol. The minimum atomic E-state index is -0.106. The number of anilines is 12. The number of hydrogen-bond acceptors (Lipinski definition) is 4. The van der Waals surface area contributed by atoms with Gasteiger partial charge in [0.2, 0.25) is 0 Å². The van der Waals surface area contributed by atoms with Crippen molar-refractivity contribution in [3.8, 4) is 11.4 Å². The average Bonchev–Trinajstić information content (AvgIpc) is 1.28. The van der Waals surface area contributed by atoms with Crippen molar-refractivity contribution in [3.63, 3.8) is 0 Å². The lowest BCUT2D eigenvalue weighted by Gasteiger charge is -2.48. The van der Waals surface area contributed by atoms with E-state index in [1.54, 1.807) is 0 Å². The van der Waals surface area contributed by atoms with Gasteiger partial charge in [0.15, 0.2) is 0 Å². The summed E-state index contributed by atoms with van der Waals surface area (Å²) < 4.78 is 5.45. The van der Waals surface area contributed by atoms with Gasteiger partial charge in [0, 0.05) is 123 Å². The van der Waals surface area contributed by atoms with E-state index in [9.17, 15) is 0 Å². The van der Waals surface area contributed by atoms with Crippen molar-refractivity contribution < 1.29 is 0 Å². The van der Waals surface area contributed by atoms with Crippen LogP contribution in [0.1, 0.15) is 0 Å². The molecule has 88 heavy (non-hydrogen) atoms. The Hall–Kier alpha value is -11.1. The summed E-state index contributed by atoms with van der Waals surface area (Å²) >= 11 is 0. The zero-order chi connectivity index (χ0) is 56.5. The second-order valence-electron chi connectivity index (χ2n) is 25.3. The molecule has 2 aromatic heterocycles. The second kappa shape index (κ2) is 15.7. The van der Waals surface area contributed by atoms with Gasteiger partial charge in [0.1, 0.15) is 0 Å². The van der Waals surface area contributed by atoms with Crippen LogP contribution in [0.4, 0.5) is 68.2 Å². The summed E-state index contributed by atoms with van der Waals surface area (Å²) in [5, 5.41) is 5.25. The number of para-hydroxylation sites is 10. The molecule has 0 radical (unpaired) electrons. The van der Waals surface area contributed by atoms with Gasteiger partial charge in [-0.25, -0.2) is 0 Å². The zero-order valence-corrected chi connectivity index (χ0v) is 47.4. The van der Waals surface area contributed by atoms with Crippen LogP contribution in [0.5, 0.6) is 0 Å². The van der Waals surface area contributed by atoms with E-state index in [4.69, 9.17) is 0 Å². The molecule has 13 aromatic carbocycles. The van der Waals surface area contributed by atoms with Crippen LogP contribution in [0.2, 0.25) is 0 Å². The van der Waals surface area contributed by atoms with E-state index in [1.807, 2.05) is 0 Å². The Bertz CT molecular complexity index is 5410. The van der Waals surface area contributed by atoms with Crippen molar-refractivity contribution >= 4 is 204 Å². The zero-order valence-electron chi connectivity index (χ0n) is 47.4. The SMILES string of the molecule is c1ccc(N2c3ccccc3B3c4c2cc2c5c4-n4c6c3cccc6c3cccc(c34)B5c3cc4c(cc3N2c2ccccc2)B2c3c(cc5c6c3-n3c7c(cccc7c7cccc2c73)B6c2ccccc2N5c2ccccc2)N4c2ccccc2)cc1. The lowest BCUT2D eigenvalue weighted by Crippen LogP contribution is -2.68. The third-order valence-corrected chi connectivity index (χ3v) is 21.5. The maximum Gasteiger partial charge on any atom is 0.252 e. The van der Waals surface area contributed by atoms with Gasteiger partial charge in [0.25, 0.3) is 26.9 Å². The topological polar surface area (TPSA) is 22.8 Å². The molecule has 8 aliphatic heterocycles. The second-order valence-corrected chi connectivity index (χ2v) is 25.3. The predicted molar refractivity (Wildman–Crippen MR) is 372 cm³/mol. The van der Waals surface area contributed by atoms with Crippen molar-refractivity contribution in [1.82, 2.24) is 9.13 Å². The maximum absolute atomic E-state index is 2.72. The molecule has 0 saturated carbocycles. The van der Waals surface area contributed by atoms with Crippen LogP contribution >= 0.6 is 0 Å². The fourth-order valence-corrected chi connectivity index (χ4v) is 18.6. The van der Waals surface area contributed by atoms with E-state index in [2.05, 4.69) is 296 Å². The lowest BCUT2D eigenvalue weighted by atomic mass is 9.28. The third kappa shape index (κ3) is 5.11. The summed E-state index contributed by atoms with van der Waals surface area (Å²) in [4.78, 5) is 10.5. The van der Waals surface area contributed by atoms with E-state index in [0.717, 1.165) is 22.7 Å². The summed E-state index contributed by atoms with van der Waals surface area (Å²) in [6, 6.07) is 102. The molecule has 0 unspecified atom stereocenters. The Morgan fingerprint density at radius 2 is 0.455 bits per heavy atom. The Labute approximate surface area is 508 Å². The van der Waals surface area contributed by atoms with Crippen LogP contribution in [0.3, 0.4) is 0 Å². The van der Waals surface area contributed by atoms with Crippen LogP contribution < -0.4 is 85.2 Å². The highest BCUT2D eigenvalue weighted by atomic mass is 15.2. The van der Waals surface area contributed by atoms with Crippen LogP contribution in [0, 0.1) is 0 Å². The van der Waals surface area contributed by atoms with Crippen molar-refractivity contribution in [2.45, 2.75) is 0 Å². The van der Waals surface area contributed by atoms with Crippen molar-refractivity contribution in [2.75, 3.05) is 19.6 Å². The van der Waals surface area contributed by atoms with E-state index in [0.29, 0.717) is 0 Å². The largest absolute Gasteiger partial charge is 0.311 e. The summed E-state index contributed by atoms with van der Waals surface area (Å²) in [7, 11) is 0. The lowest BCUT2D eigenvalue weighted by molar-refractivity contribution is 1.17. The minimum Gasteiger partial charge on any atom is -0.311 e. The molecule has 398 valence electrons. The van der Waals surface area contributed by atoms with Gasteiger partial charge in [-0.1, -0.05) is 182 Å². The first-order valence-corrected chi connectivity index (χ1v) is 31.1. The van der Waals surface area contributed by atoms with Gasteiger partial charge >= 0.3 is 0 Å². The number of fused-ring (bicyclic) bond motifs is 14. The fourth-order valence-electron chi connectivity index (χ4n) is 18.6. The molecule has 0 amide bonds. The smallest absolute Gasteiger partial charge is 0.252 e. The fraction of sp³-hybridized carbons (Fsp3) is 0. The van der Waals surface area contributed by atoms with Crippen LogP contribution in [-0.4, -0.2) is 36.0 Å². The Kier molecular flexibility index (Phi) is 8.07. The molecule has 0 aliphatic carbocycles. The maximum atomic E-state index is 2.72. The first-order valence-electron chi connectivity index (χ1n) is 31.1. The van der Waals surface area contributed by atoms with E-state index < -0.39 is 0 Å². The molecule has 0 bridgehead atoms. The molecule has 10 heteroatoms. The van der Waals surface area contributed by atoms with E-state index in [-0.39, 0.29) is 26.9 Å². The molecule has 0 spiro atoms. The molecule has 10 heterocycles. The molecule has 0 atom stereocenters. The Balaban J connectivity index is 0.891. The first-order chi connectivity index (χ1) is 43.8. The normalized spacial score (nSPS) is 14.6. The van der Waals surface area contributed by atoms with Crippen molar-refractivity contribution in [1.29, 1.82) is 0 Å². The highest BCUT2D eigenvalue weighted by molar-refractivity contribution is 7.06. The third-order valence-electron chi connectivity index (χ3n) is 21.5. The highest BCUT2D eigenvalue weighted by Gasteiger charge is 2.54. The molecule has 6 nitrogen and oxygen atoms in total. The number of rotatable bonds is 4. The molecular formula is C78H44B4N6. The molecule has 23 rings (SSSR count). The summed E-state index contributed by atoms with van der Waals surface area (Å²) in [6.45, 7) is -0.176. The molecule has 0 fully saturated rings. The van der Waals surface area contributed by atoms with Gasteiger partial charge in [0.05, 0.1) is 0 Å². The summed E-state index contributed by atoms with van der Waals surface area (Å²) in [5.41, 5.74) is 38.6. The quantitative estimate of drug-likeness (QED) is 0.164. The number of hydrogen-bond donors (Lipinski definition) is 0. The number of nitrogens with zero attached hydrogens (tertiary/aromatic N) is 6. The summed E-state index contributed by atoms with van der Waals surface area (Å²) in [6.07, 6.45) is 0. The van der Waals surface area contributed by atoms with Crippen LogP contribution in [-0.2, 0) is 0 Å². The number of aromatic nitrogens is 2. The Morgan fingerprint density at radius 1 is 0.193 bits per heavy atom. The number of benzene rings is 13. The van der Waals surface area contributed by atoms with Gasteiger partial charge < -0.3 is 28.7 Å². The molecule has 0 saturated heterocycles. The minimum absolute atomic E-state index is 0.0176. The molecule has 8 aliphatic rings. The highest BCUT2D eigenvalue weighted by Crippen LogP contribution is 2.51. The van der Waals surface area contributed by atoms with Crippen molar-refractivity contribution in [2.24, 2.45) is 0 Å². The van der Waals surface area contributed by atoms with Gasteiger partial charge in [-0.15, -0.1) is 0 Å². The molecule has 15 aromatic rings. The van der Waals surface area contributed by atoms with Gasteiger partial charge in [-0.05, 0) is 150 Å². The standard InChI is InChI=1S/C78H44B4N6/c1-5-21-45(22-6-1)83-61-39-15-13-33-53(61)79-55-35-17-29-49-51-31-19-37-57-75(51)87(73(49)55)77-69(79)65(83)43-67-71(77)81(57)59-42-64-60(41-63(59)85(67)47-25-9-3-10-26-47)82-58-38-20-32-52-50-30-18-36-56-74(50)88(76(52)58)78-70-66(44-68(72(78)82)86(64)48-27-11-4-12-28-48)84(46-23-7-2-8-24-46)62-40-16-14-34-54(62)80(56)70/h1-44H. The first kappa shape index (κ1) is 45.3.